The van der Waals surface area contributed by atoms with E-state index in [2.05, 4.69) is 30.9 Å². The summed E-state index contributed by atoms with van der Waals surface area (Å²) in [6, 6.07) is 6.56. The Balaban J connectivity index is 1.72. The van der Waals surface area contributed by atoms with Gasteiger partial charge in [0.05, 0.1) is 24.0 Å². The summed E-state index contributed by atoms with van der Waals surface area (Å²) in [5.41, 5.74) is 0.772. The number of nitrogens with zero attached hydrogens (tertiary/aromatic N) is 5. The lowest BCUT2D eigenvalue weighted by atomic mass is 10.0. The minimum atomic E-state index is -2.98. The van der Waals surface area contributed by atoms with Crippen molar-refractivity contribution in [3.63, 3.8) is 0 Å². The predicted molar refractivity (Wildman–Crippen MR) is 120 cm³/mol. The molecule has 0 atom stereocenters. The Morgan fingerprint density at radius 3 is 2.62 bits per heavy atom. The number of amides is 2. The molecule has 2 heterocycles. The Hall–Kier alpha value is -4.04. The lowest BCUT2D eigenvalue weighted by molar-refractivity contribution is -0.117. The normalized spacial score (nSPS) is 13.3. The highest BCUT2D eigenvalue weighted by Gasteiger charge is 2.30. The second-order valence-corrected chi connectivity index (χ2v) is 7.69. The number of methoxy groups -OCH3 is 1. The molecule has 3 aromatic rings. The SMILES string of the molecule is [B]C(O)(O)NC(=O)c1nnc(NC(=O)C2CC2)cc1Nc1cccc(-c2ncn(C)n2)c1OC. The van der Waals surface area contributed by atoms with E-state index in [1.54, 1.807) is 41.6 Å². The van der Waals surface area contributed by atoms with Gasteiger partial charge in [-0.25, -0.2) is 4.98 Å². The third-order valence-electron chi connectivity index (χ3n) is 4.83. The second kappa shape index (κ2) is 9.07. The average molecular weight is 464 g/mol. The van der Waals surface area contributed by atoms with Crippen molar-refractivity contribution in [1.29, 1.82) is 0 Å². The topological polar surface area (TPSA) is 176 Å². The van der Waals surface area contributed by atoms with Crippen LogP contribution < -0.4 is 20.7 Å². The number of aromatic nitrogens is 5. The third-order valence-corrected chi connectivity index (χ3v) is 4.83. The van der Waals surface area contributed by atoms with E-state index in [1.807, 2.05) is 0 Å². The molecule has 174 valence electrons. The summed E-state index contributed by atoms with van der Waals surface area (Å²) in [7, 11) is 8.26. The zero-order valence-electron chi connectivity index (χ0n) is 18.3. The van der Waals surface area contributed by atoms with Crippen molar-refractivity contribution in [3.05, 3.63) is 36.3 Å². The minimum Gasteiger partial charge on any atom is -0.494 e. The van der Waals surface area contributed by atoms with E-state index in [0.717, 1.165) is 12.8 Å². The smallest absolute Gasteiger partial charge is 0.277 e. The van der Waals surface area contributed by atoms with Crippen molar-refractivity contribution < 1.29 is 24.5 Å². The number of hydrogen-bond acceptors (Lipinski definition) is 10. The van der Waals surface area contributed by atoms with Crippen molar-refractivity contribution in [3.8, 4) is 17.1 Å². The molecule has 1 saturated carbocycles. The van der Waals surface area contributed by atoms with E-state index >= 15 is 0 Å². The van der Waals surface area contributed by atoms with Crippen LogP contribution in [-0.4, -0.2) is 67.8 Å². The van der Waals surface area contributed by atoms with Gasteiger partial charge in [-0.15, -0.1) is 10.2 Å². The Bertz CT molecular complexity index is 1240. The number of carbonyl (C=O) groups excluding carboxylic acids is 2. The number of para-hydroxylation sites is 1. The Kier molecular flexibility index (Phi) is 6.17. The van der Waals surface area contributed by atoms with Crippen molar-refractivity contribution in [2.75, 3.05) is 17.7 Å². The van der Waals surface area contributed by atoms with Crippen LogP contribution in [0.15, 0.2) is 30.6 Å². The van der Waals surface area contributed by atoms with E-state index in [1.165, 1.54) is 13.2 Å². The van der Waals surface area contributed by atoms with Gasteiger partial charge in [-0.2, -0.15) is 5.10 Å². The quantitative estimate of drug-likeness (QED) is 0.223. The third kappa shape index (κ3) is 5.30. The molecule has 0 saturated heterocycles. The van der Waals surface area contributed by atoms with Gasteiger partial charge in [-0.3, -0.25) is 14.3 Å². The van der Waals surface area contributed by atoms with Gasteiger partial charge in [-0.05, 0) is 25.0 Å². The molecule has 1 aromatic carbocycles. The summed E-state index contributed by atoms with van der Waals surface area (Å²) in [5.74, 6) is -3.39. The number of nitrogens with one attached hydrogen (secondary N) is 3. The molecular weight excluding hydrogens is 443 g/mol. The lowest BCUT2D eigenvalue weighted by Gasteiger charge is -2.20. The molecule has 0 spiro atoms. The van der Waals surface area contributed by atoms with Crippen molar-refractivity contribution >= 4 is 36.9 Å². The predicted octanol–water partition coefficient (Wildman–Crippen LogP) is -0.133. The summed E-state index contributed by atoms with van der Waals surface area (Å²) in [5, 5.41) is 38.2. The summed E-state index contributed by atoms with van der Waals surface area (Å²) < 4.78 is 7.11. The maximum atomic E-state index is 12.6. The van der Waals surface area contributed by atoms with Crippen LogP contribution in [0.4, 0.5) is 17.2 Å². The zero-order valence-corrected chi connectivity index (χ0v) is 18.3. The van der Waals surface area contributed by atoms with Crippen LogP contribution >= 0.6 is 0 Å². The van der Waals surface area contributed by atoms with Gasteiger partial charge >= 0.3 is 0 Å². The molecule has 0 bridgehead atoms. The molecule has 0 aliphatic heterocycles. The van der Waals surface area contributed by atoms with Crippen LogP contribution in [0.5, 0.6) is 5.75 Å². The van der Waals surface area contributed by atoms with Gasteiger partial charge in [0.2, 0.25) is 5.91 Å². The number of carbonyl (C=O) groups is 2. The minimum absolute atomic E-state index is 0.0783. The number of aryl methyl sites for hydroxylation is 1. The Morgan fingerprint density at radius 1 is 1.24 bits per heavy atom. The van der Waals surface area contributed by atoms with Crippen LogP contribution in [0.2, 0.25) is 0 Å². The molecule has 1 aliphatic carbocycles. The summed E-state index contributed by atoms with van der Waals surface area (Å²) in [6.07, 6.45) is 3.13. The van der Waals surface area contributed by atoms with E-state index in [9.17, 15) is 19.8 Å². The molecule has 2 radical (unpaired) electrons. The standard InChI is InChI=1S/C20H21BN8O5/c1-29-9-22-17(28-29)11-4-3-5-12(16(11)34-2)23-13-8-14(24-18(30)10-6-7-10)26-27-15(13)19(31)25-20(21,32)33/h3-5,8-10,32-33H,6-7H2,1-2H3,(H,25,31)(H2,23,24,26,30). The Morgan fingerprint density at radius 2 is 2.00 bits per heavy atom. The number of ether oxygens (including phenoxy) is 1. The molecule has 14 heteroatoms. The van der Waals surface area contributed by atoms with Gasteiger partial charge in [0.1, 0.15) is 6.33 Å². The van der Waals surface area contributed by atoms with Crippen LogP contribution in [0, 0.1) is 5.92 Å². The number of hydrogen-bond donors (Lipinski definition) is 5. The van der Waals surface area contributed by atoms with E-state index in [-0.39, 0.29) is 29.0 Å². The highest BCUT2D eigenvalue weighted by molar-refractivity contribution is 6.15. The molecule has 0 unspecified atom stereocenters. The first-order valence-corrected chi connectivity index (χ1v) is 10.2. The van der Waals surface area contributed by atoms with E-state index < -0.39 is 11.7 Å². The molecular formula is C20H21BN8O5. The van der Waals surface area contributed by atoms with Crippen LogP contribution in [0.3, 0.4) is 0 Å². The van der Waals surface area contributed by atoms with Gasteiger partial charge in [-0.1, -0.05) is 6.07 Å². The second-order valence-electron chi connectivity index (χ2n) is 7.69. The molecule has 1 aliphatic rings. The Labute approximate surface area is 195 Å². The fraction of sp³-hybridized carbons (Fsp3) is 0.300. The van der Waals surface area contributed by atoms with Crippen LogP contribution in [-0.2, 0) is 11.8 Å². The van der Waals surface area contributed by atoms with Crippen LogP contribution in [0.1, 0.15) is 23.3 Å². The summed E-state index contributed by atoms with van der Waals surface area (Å²) >= 11 is 0. The van der Waals surface area contributed by atoms with Gasteiger partial charge < -0.3 is 30.9 Å². The zero-order chi connectivity index (χ0) is 24.5. The summed E-state index contributed by atoms with van der Waals surface area (Å²) in [4.78, 5) is 29.0. The highest BCUT2D eigenvalue weighted by Crippen LogP contribution is 2.37. The van der Waals surface area contributed by atoms with Gasteiger partial charge in [0.15, 0.2) is 36.7 Å². The van der Waals surface area contributed by atoms with Crippen molar-refractivity contribution in [2.24, 2.45) is 13.0 Å². The number of aliphatic hydroxyl groups is 2. The fourth-order valence-corrected chi connectivity index (χ4v) is 3.16. The van der Waals surface area contributed by atoms with Crippen molar-refractivity contribution in [1.82, 2.24) is 30.3 Å². The molecule has 2 aromatic heterocycles. The van der Waals surface area contributed by atoms with E-state index in [0.29, 0.717) is 22.8 Å². The first-order valence-electron chi connectivity index (χ1n) is 10.2. The number of anilines is 3. The van der Waals surface area contributed by atoms with Gasteiger partial charge in [0.25, 0.3) is 5.91 Å². The summed E-state index contributed by atoms with van der Waals surface area (Å²) in [6.45, 7) is 0. The lowest BCUT2D eigenvalue weighted by Crippen LogP contribution is -2.49. The number of benzene rings is 1. The molecule has 1 fully saturated rings. The van der Waals surface area contributed by atoms with Gasteiger partial charge in [0, 0.05) is 19.0 Å². The monoisotopic (exact) mass is 464 g/mol. The fourth-order valence-electron chi connectivity index (χ4n) is 3.16. The number of rotatable bonds is 8. The molecule has 2 amide bonds. The highest BCUT2D eigenvalue weighted by atomic mass is 16.5. The molecule has 13 nitrogen and oxygen atoms in total. The first-order chi connectivity index (χ1) is 16.1. The molecule has 4 rings (SSSR count). The first kappa shape index (κ1) is 23.1. The maximum absolute atomic E-state index is 12.6. The molecule has 34 heavy (non-hydrogen) atoms. The van der Waals surface area contributed by atoms with Crippen molar-refractivity contribution in [2.45, 2.75) is 18.7 Å². The van der Waals surface area contributed by atoms with Crippen LogP contribution in [0.25, 0.3) is 11.4 Å². The largest absolute Gasteiger partial charge is 0.494 e. The average Bonchev–Trinajstić information content (AvgIpc) is 3.53. The maximum Gasteiger partial charge on any atom is 0.277 e. The van der Waals surface area contributed by atoms with E-state index in [4.69, 9.17) is 12.6 Å². The molecule has 5 N–H and O–H groups in total.